The van der Waals surface area contributed by atoms with Gasteiger partial charge in [0.05, 0.1) is 17.2 Å². The van der Waals surface area contributed by atoms with Crippen LogP contribution in [0.4, 0.5) is 11.4 Å². The lowest BCUT2D eigenvalue weighted by Crippen LogP contribution is -2.40. The first-order valence-corrected chi connectivity index (χ1v) is 4.40. The number of hydrogen-bond acceptors (Lipinski definition) is 2. The molecule has 72 valence electrons. The van der Waals surface area contributed by atoms with E-state index in [-0.39, 0.29) is 12.5 Å². The number of para-hydroxylation sites is 2. The molecule has 2 N–H and O–H groups in total. The summed E-state index contributed by atoms with van der Waals surface area (Å²) in [5.41, 5.74) is 1.66. The van der Waals surface area contributed by atoms with E-state index < -0.39 is 0 Å². The zero-order valence-corrected chi connectivity index (χ0v) is 7.87. The highest BCUT2D eigenvalue weighted by molar-refractivity contribution is 6.09. The van der Waals surface area contributed by atoms with Crippen LogP contribution >= 0.6 is 0 Å². The number of carbonyl (C=O) groups excluding carboxylic acids is 1. The van der Waals surface area contributed by atoms with Crippen LogP contribution < -0.4 is 10.2 Å². The third-order valence-electron chi connectivity index (χ3n) is 2.18. The van der Waals surface area contributed by atoms with Gasteiger partial charge < -0.3 is 10.2 Å². The van der Waals surface area contributed by atoms with E-state index in [1.807, 2.05) is 24.3 Å². The molecular weight excluding hydrogens is 178 g/mol. The molecule has 0 aromatic heterocycles. The predicted octanol–water partition coefficient (Wildman–Crippen LogP) is 1.44. The van der Waals surface area contributed by atoms with Crippen molar-refractivity contribution in [1.29, 1.82) is 5.41 Å². The summed E-state index contributed by atoms with van der Waals surface area (Å²) >= 11 is 0. The van der Waals surface area contributed by atoms with E-state index in [0.29, 0.717) is 5.84 Å². The van der Waals surface area contributed by atoms with Gasteiger partial charge in [-0.2, -0.15) is 0 Å². The Balaban J connectivity index is 2.48. The Morgan fingerprint density at radius 1 is 1.50 bits per heavy atom. The van der Waals surface area contributed by atoms with Crippen LogP contribution in [0.15, 0.2) is 24.3 Å². The molecule has 2 rings (SSSR count). The molecule has 0 aliphatic carbocycles. The molecule has 0 bridgehead atoms. The molecule has 0 unspecified atom stereocenters. The maximum Gasteiger partial charge on any atom is 0.244 e. The van der Waals surface area contributed by atoms with Crippen LogP contribution in [0, 0.1) is 5.41 Å². The Bertz CT molecular complexity index is 400. The lowest BCUT2D eigenvalue weighted by atomic mass is 10.2. The highest BCUT2D eigenvalue weighted by Gasteiger charge is 2.22. The van der Waals surface area contributed by atoms with E-state index in [2.05, 4.69) is 5.32 Å². The number of amidine groups is 1. The molecule has 4 heteroatoms. The Labute approximate surface area is 82.0 Å². The van der Waals surface area contributed by atoms with Crippen molar-refractivity contribution in [3.05, 3.63) is 24.3 Å². The molecule has 1 heterocycles. The van der Waals surface area contributed by atoms with Crippen molar-refractivity contribution >= 4 is 23.1 Å². The first-order valence-electron chi connectivity index (χ1n) is 4.40. The summed E-state index contributed by atoms with van der Waals surface area (Å²) in [6.07, 6.45) is 0. The summed E-state index contributed by atoms with van der Waals surface area (Å²) in [7, 11) is 0. The Hall–Kier alpha value is -1.84. The predicted molar refractivity (Wildman–Crippen MR) is 55.8 cm³/mol. The van der Waals surface area contributed by atoms with Crippen LogP contribution in [0.1, 0.15) is 6.92 Å². The third kappa shape index (κ3) is 1.35. The molecule has 4 nitrogen and oxygen atoms in total. The highest BCUT2D eigenvalue weighted by Crippen LogP contribution is 2.28. The minimum absolute atomic E-state index is 0.0738. The molecule has 0 atom stereocenters. The average molecular weight is 189 g/mol. The molecule has 1 amide bonds. The van der Waals surface area contributed by atoms with Crippen LogP contribution in [0.5, 0.6) is 0 Å². The molecule has 1 aliphatic heterocycles. The fraction of sp³-hybridized carbons (Fsp3) is 0.200. The molecule has 0 spiro atoms. The van der Waals surface area contributed by atoms with Crippen molar-refractivity contribution < 1.29 is 4.79 Å². The molecule has 1 aromatic rings. The molecule has 0 fully saturated rings. The van der Waals surface area contributed by atoms with Crippen LogP contribution in [0.2, 0.25) is 0 Å². The van der Waals surface area contributed by atoms with Gasteiger partial charge in [0, 0.05) is 0 Å². The number of rotatable bonds is 0. The largest absolute Gasteiger partial charge is 0.323 e. The van der Waals surface area contributed by atoms with E-state index in [4.69, 9.17) is 5.41 Å². The summed E-state index contributed by atoms with van der Waals surface area (Å²) in [5.74, 6) is 0.308. The maximum atomic E-state index is 11.3. The second-order valence-electron chi connectivity index (χ2n) is 3.24. The van der Waals surface area contributed by atoms with Gasteiger partial charge in [-0.15, -0.1) is 0 Å². The zero-order valence-electron chi connectivity index (χ0n) is 7.87. The van der Waals surface area contributed by atoms with Crippen LogP contribution in [0.25, 0.3) is 0 Å². The SMILES string of the molecule is CC(=N)N1CC(=O)Nc2ccccc21. The molecular formula is C10H11N3O. The van der Waals surface area contributed by atoms with Crippen LogP contribution in [-0.4, -0.2) is 18.3 Å². The second-order valence-corrected chi connectivity index (χ2v) is 3.24. The Morgan fingerprint density at radius 2 is 2.21 bits per heavy atom. The van der Waals surface area contributed by atoms with Gasteiger partial charge in [0.2, 0.25) is 5.91 Å². The smallest absolute Gasteiger partial charge is 0.244 e. The topological polar surface area (TPSA) is 56.2 Å². The number of benzene rings is 1. The van der Waals surface area contributed by atoms with Gasteiger partial charge in [0.25, 0.3) is 0 Å². The quantitative estimate of drug-likeness (QED) is 0.479. The van der Waals surface area contributed by atoms with E-state index >= 15 is 0 Å². The lowest BCUT2D eigenvalue weighted by molar-refractivity contribution is -0.115. The summed E-state index contributed by atoms with van der Waals surface area (Å²) in [5, 5.41) is 10.3. The van der Waals surface area contributed by atoms with Gasteiger partial charge in [-0.05, 0) is 19.1 Å². The lowest BCUT2D eigenvalue weighted by Gasteiger charge is -2.29. The molecule has 0 saturated carbocycles. The normalized spacial score (nSPS) is 14.6. The molecule has 0 saturated heterocycles. The first-order chi connectivity index (χ1) is 6.68. The van der Waals surface area contributed by atoms with Gasteiger partial charge in [0.1, 0.15) is 6.54 Å². The fourth-order valence-corrected chi connectivity index (χ4v) is 1.53. The number of nitrogens with zero attached hydrogens (tertiary/aromatic N) is 1. The molecule has 0 radical (unpaired) electrons. The number of hydrogen-bond donors (Lipinski definition) is 2. The summed E-state index contributed by atoms with van der Waals surface area (Å²) < 4.78 is 0. The van der Waals surface area contributed by atoms with Gasteiger partial charge in [0.15, 0.2) is 0 Å². The number of amides is 1. The minimum Gasteiger partial charge on any atom is -0.323 e. The van der Waals surface area contributed by atoms with Crippen LogP contribution in [0.3, 0.4) is 0 Å². The van der Waals surface area contributed by atoms with E-state index in [1.54, 1.807) is 11.8 Å². The molecule has 1 aliphatic rings. The number of nitrogens with one attached hydrogen (secondary N) is 2. The molecule has 1 aromatic carbocycles. The monoisotopic (exact) mass is 189 g/mol. The van der Waals surface area contributed by atoms with E-state index in [9.17, 15) is 4.79 Å². The Morgan fingerprint density at radius 3 is 2.93 bits per heavy atom. The van der Waals surface area contributed by atoms with Gasteiger partial charge in [-0.25, -0.2) is 0 Å². The molecule has 14 heavy (non-hydrogen) atoms. The number of carbonyl (C=O) groups is 1. The summed E-state index contributed by atoms with van der Waals surface area (Å²) in [4.78, 5) is 13.0. The average Bonchev–Trinajstić information content (AvgIpc) is 2.16. The van der Waals surface area contributed by atoms with Crippen molar-refractivity contribution in [3.63, 3.8) is 0 Å². The standard InChI is InChI=1S/C10H11N3O/c1-7(11)13-6-10(14)12-8-4-2-3-5-9(8)13/h2-5,11H,6H2,1H3,(H,12,14). The van der Waals surface area contributed by atoms with Gasteiger partial charge in [-0.1, -0.05) is 12.1 Å². The fourth-order valence-electron chi connectivity index (χ4n) is 1.53. The summed E-state index contributed by atoms with van der Waals surface area (Å²) in [6, 6.07) is 7.49. The van der Waals surface area contributed by atoms with Gasteiger partial charge >= 0.3 is 0 Å². The third-order valence-corrected chi connectivity index (χ3v) is 2.18. The second kappa shape index (κ2) is 3.14. The Kier molecular flexibility index (Phi) is 1.96. The maximum absolute atomic E-state index is 11.3. The van der Waals surface area contributed by atoms with Crippen molar-refractivity contribution in [2.24, 2.45) is 0 Å². The van der Waals surface area contributed by atoms with Gasteiger partial charge in [-0.3, -0.25) is 10.2 Å². The minimum atomic E-state index is -0.0738. The van der Waals surface area contributed by atoms with Crippen molar-refractivity contribution in [3.8, 4) is 0 Å². The first kappa shape index (κ1) is 8.74. The number of fused-ring (bicyclic) bond motifs is 1. The van der Waals surface area contributed by atoms with Crippen molar-refractivity contribution in [1.82, 2.24) is 0 Å². The van der Waals surface area contributed by atoms with E-state index in [1.165, 1.54) is 0 Å². The van der Waals surface area contributed by atoms with Crippen molar-refractivity contribution in [2.45, 2.75) is 6.92 Å². The zero-order chi connectivity index (χ0) is 10.1. The van der Waals surface area contributed by atoms with E-state index in [0.717, 1.165) is 11.4 Å². The van der Waals surface area contributed by atoms with Crippen LogP contribution in [-0.2, 0) is 4.79 Å². The van der Waals surface area contributed by atoms with Crippen molar-refractivity contribution in [2.75, 3.05) is 16.8 Å². The summed E-state index contributed by atoms with van der Waals surface area (Å²) in [6.45, 7) is 1.90. The highest BCUT2D eigenvalue weighted by atomic mass is 16.2. The number of anilines is 2.